The molecule has 0 radical (unpaired) electrons. The summed E-state index contributed by atoms with van der Waals surface area (Å²) in [6, 6.07) is 9.04. The van der Waals surface area contributed by atoms with Gasteiger partial charge in [-0.25, -0.2) is 8.42 Å². The Bertz CT molecular complexity index is 749. The van der Waals surface area contributed by atoms with Crippen molar-refractivity contribution in [2.75, 3.05) is 31.1 Å². The van der Waals surface area contributed by atoms with Gasteiger partial charge in [-0.1, -0.05) is 49.8 Å². The van der Waals surface area contributed by atoms with Crippen LogP contribution in [-0.4, -0.2) is 61.4 Å². The Balaban J connectivity index is 1.74. The average molecular weight is 377 g/mol. The summed E-state index contributed by atoms with van der Waals surface area (Å²) in [5.74, 6) is 1.14. The second-order valence-corrected chi connectivity index (χ2v) is 10.5. The standard InChI is InChI=1S/C21H32N2O2S/c1-16(2)9-10-22-11-12-23(21-15-26(24,25)14-20(21)22)13-18-5-7-19(8-6-18)17(3)4/h5-9,17,20-21H,10-15H2,1-4H3/t20-,21+/m1/s1. The number of nitrogens with zero attached hydrogens (tertiary/aromatic N) is 2. The maximum atomic E-state index is 12.3. The number of piperazine rings is 1. The van der Waals surface area contributed by atoms with Crippen LogP contribution in [0, 0.1) is 0 Å². The second-order valence-electron chi connectivity index (χ2n) is 8.35. The third kappa shape index (κ3) is 4.56. The Morgan fingerprint density at radius 1 is 1.08 bits per heavy atom. The van der Waals surface area contributed by atoms with Crippen molar-refractivity contribution < 1.29 is 8.42 Å². The lowest BCUT2D eigenvalue weighted by Gasteiger charge is -2.43. The van der Waals surface area contributed by atoms with E-state index in [1.165, 1.54) is 16.7 Å². The van der Waals surface area contributed by atoms with Crippen molar-refractivity contribution in [2.45, 2.75) is 52.2 Å². The summed E-state index contributed by atoms with van der Waals surface area (Å²) in [6.07, 6.45) is 2.21. The molecule has 1 aromatic carbocycles. The summed E-state index contributed by atoms with van der Waals surface area (Å²) in [4.78, 5) is 4.75. The summed E-state index contributed by atoms with van der Waals surface area (Å²) in [7, 11) is -2.95. The summed E-state index contributed by atoms with van der Waals surface area (Å²) >= 11 is 0. The summed E-state index contributed by atoms with van der Waals surface area (Å²) in [5, 5.41) is 0. The Morgan fingerprint density at radius 3 is 2.23 bits per heavy atom. The molecule has 26 heavy (non-hydrogen) atoms. The fourth-order valence-corrected chi connectivity index (χ4v) is 6.10. The SMILES string of the molecule is CC(C)=CCN1CCN(Cc2ccc(C(C)C)cc2)[C@H]2CS(=O)(=O)C[C@H]21. The Morgan fingerprint density at radius 2 is 1.65 bits per heavy atom. The molecule has 0 amide bonds. The van der Waals surface area contributed by atoms with Gasteiger partial charge >= 0.3 is 0 Å². The highest BCUT2D eigenvalue weighted by Crippen LogP contribution is 2.28. The monoisotopic (exact) mass is 376 g/mol. The van der Waals surface area contributed by atoms with Crippen LogP contribution in [0.2, 0.25) is 0 Å². The zero-order chi connectivity index (χ0) is 18.9. The smallest absolute Gasteiger partial charge is 0.153 e. The summed E-state index contributed by atoms with van der Waals surface area (Å²) in [5.41, 5.74) is 3.91. The minimum Gasteiger partial charge on any atom is -0.293 e. The van der Waals surface area contributed by atoms with Crippen molar-refractivity contribution in [2.24, 2.45) is 0 Å². The molecule has 3 rings (SSSR count). The number of allylic oxidation sites excluding steroid dienone is 1. The van der Waals surface area contributed by atoms with E-state index >= 15 is 0 Å². The zero-order valence-electron chi connectivity index (χ0n) is 16.5. The van der Waals surface area contributed by atoms with E-state index in [9.17, 15) is 8.42 Å². The number of rotatable bonds is 5. The van der Waals surface area contributed by atoms with Crippen LogP contribution in [0.4, 0.5) is 0 Å². The lowest BCUT2D eigenvalue weighted by Crippen LogP contribution is -2.58. The molecule has 0 spiro atoms. The van der Waals surface area contributed by atoms with E-state index in [1.54, 1.807) is 0 Å². The molecule has 0 aliphatic carbocycles. The van der Waals surface area contributed by atoms with Gasteiger partial charge in [-0.3, -0.25) is 9.80 Å². The lowest BCUT2D eigenvalue weighted by molar-refractivity contribution is 0.0478. The maximum Gasteiger partial charge on any atom is 0.153 e. The molecule has 0 saturated carbocycles. The van der Waals surface area contributed by atoms with E-state index in [0.717, 1.165) is 26.2 Å². The third-order valence-corrected chi connectivity index (χ3v) is 7.37. The summed E-state index contributed by atoms with van der Waals surface area (Å²) < 4.78 is 24.7. The van der Waals surface area contributed by atoms with E-state index in [4.69, 9.17) is 0 Å². The summed E-state index contributed by atoms with van der Waals surface area (Å²) in [6.45, 7) is 12.2. The number of hydrogen-bond acceptors (Lipinski definition) is 4. The van der Waals surface area contributed by atoms with Gasteiger partial charge in [0.1, 0.15) is 0 Å². The van der Waals surface area contributed by atoms with Crippen molar-refractivity contribution >= 4 is 9.84 Å². The molecular formula is C21H32N2O2S. The van der Waals surface area contributed by atoms with Gasteiger partial charge in [-0.15, -0.1) is 0 Å². The predicted molar refractivity (Wildman–Crippen MR) is 108 cm³/mol. The molecule has 2 aliphatic heterocycles. The number of hydrogen-bond donors (Lipinski definition) is 0. The van der Waals surface area contributed by atoms with Crippen LogP contribution in [0.3, 0.4) is 0 Å². The van der Waals surface area contributed by atoms with Crippen LogP contribution < -0.4 is 0 Å². The predicted octanol–water partition coefficient (Wildman–Crippen LogP) is 3.06. The van der Waals surface area contributed by atoms with E-state index in [2.05, 4.69) is 67.8 Å². The highest BCUT2D eigenvalue weighted by atomic mass is 32.2. The molecule has 0 N–H and O–H groups in total. The van der Waals surface area contributed by atoms with Gasteiger partial charge in [0.15, 0.2) is 9.84 Å². The average Bonchev–Trinajstić information content (AvgIpc) is 2.90. The minimum atomic E-state index is -2.95. The number of fused-ring (bicyclic) bond motifs is 1. The van der Waals surface area contributed by atoms with E-state index in [1.807, 2.05) is 0 Å². The largest absolute Gasteiger partial charge is 0.293 e. The first-order valence-electron chi connectivity index (χ1n) is 9.66. The molecule has 0 aromatic heterocycles. The van der Waals surface area contributed by atoms with Crippen LogP contribution in [0.1, 0.15) is 44.7 Å². The second kappa shape index (κ2) is 7.83. The van der Waals surface area contributed by atoms with Crippen LogP contribution >= 0.6 is 0 Å². The first-order chi connectivity index (χ1) is 12.2. The Kier molecular flexibility index (Phi) is 5.90. The molecule has 1 aromatic rings. The van der Waals surface area contributed by atoms with Gasteiger partial charge in [0.25, 0.3) is 0 Å². The van der Waals surface area contributed by atoms with Gasteiger partial charge in [-0.05, 0) is 30.9 Å². The van der Waals surface area contributed by atoms with E-state index in [-0.39, 0.29) is 12.1 Å². The number of benzene rings is 1. The van der Waals surface area contributed by atoms with Crippen molar-refractivity contribution in [1.29, 1.82) is 0 Å². The van der Waals surface area contributed by atoms with Gasteiger partial charge in [0.05, 0.1) is 11.5 Å². The normalized spacial score (nSPS) is 26.0. The van der Waals surface area contributed by atoms with Crippen molar-refractivity contribution in [1.82, 2.24) is 9.80 Å². The quantitative estimate of drug-likeness (QED) is 0.741. The van der Waals surface area contributed by atoms with Crippen LogP contribution in [0.5, 0.6) is 0 Å². The highest BCUT2D eigenvalue weighted by Gasteiger charge is 2.46. The van der Waals surface area contributed by atoms with Crippen molar-refractivity contribution in [3.63, 3.8) is 0 Å². The van der Waals surface area contributed by atoms with Gasteiger partial charge in [0.2, 0.25) is 0 Å². The third-order valence-electron chi connectivity index (χ3n) is 5.67. The van der Waals surface area contributed by atoms with Gasteiger partial charge < -0.3 is 0 Å². The molecule has 0 unspecified atom stereocenters. The van der Waals surface area contributed by atoms with Crippen molar-refractivity contribution in [3.05, 3.63) is 47.0 Å². The number of sulfone groups is 1. The molecule has 144 valence electrons. The van der Waals surface area contributed by atoms with Gasteiger partial charge in [-0.2, -0.15) is 0 Å². The van der Waals surface area contributed by atoms with Crippen LogP contribution in [0.15, 0.2) is 35.9 Å². The fraction of sp³-hybridized carbons (Fsp3) is 0.619. The maximum absolute atomic E-state index is 12.3. The minimum absolute atomic E-state index is 0.115. The molecule has 2 atom stereocenters. The lowest BCUT2D eigenvalue weighted by atomic mass is 10.00. The first-order valence-corrected chi connectivity index (χ1v) is 11.5. The molecule has 2 aliphatic rings. The highest BCUT2D eigenvalue weighted by molar-refractivity contribution is 7.91. The van der Waals surface area contributed by atoms with E-state index < -0.39 is 9.84 Å². The van der Waals surface area contributed by atoms with E-state index in [0.29, 0.717) is 17.4 Å². The zero-order valence-corrected chi connectivity index (χ0v) is 17.3. The van der Waals surface area contributed by atoms with Crippen LogP contribution in [0.25, 0.3) is 0 Å². The topological polar surface area (TPSA) is 40.6 Å². The molecule has 2 heterocycles. The van der Waals surface area contributed by atoms with Gasteiger partial charge in [0, 0.05) is 38.3 Å². The fourth-order valence-electron chi connectivity index (χ4n) is 4.06. The molecule has 2 saturated heterocycles. The Labute approximate surface area is 158 Å². The Hall–Kier alpha value is -1.17. The van der Waals surface area contributed by atoms with Crippen LogP contribution in [-0.2, 0) is 16.4 Å². The van der Waals surface area contributed by atoms with Crippen molar-refractivity contribution in [3.8, 4) is 0 Å². The molecule has 0 bridgehead atoms. The molecule has 5 heteroatoms. The molecule has 4 nitrogen and oxygen atoms in total. The molecule has 2 fully saturated rings. The first kappa shape index (κ1) is 19.6. The molecular weight excluding hydrogens is 344 g/mol.